The molecule has 1 rings (SSSR count). The molecule has 17 heavy (non-hydrogen) atoms. The Hall–Kier alpha value is -2.36. The zero-order valence-corrected chi connectivity index (χ0v) is 9.63. The van der Waals surface area contributed by atoms with E-state index >= 15 is 0 Å². The molecule has 1 heterocycles. The SMILES string of the molecule is C=CN=CC1=CCC(C=NC(=C)C(=C)N=C)=N1. The van der Waals surface area contributed by atoms with Crippen molar-refractivity contribution in [2.45, 2.75) is 6.42 Å². The molecule has 4 nitrogen and oxygen atoms in total. The summed E-state index contributed by atoms with van der Waals surface area (Å²) in [5, 5.41) is 0. The van der Waals surface area contributed by atoms with Crippen LogP contribution in [0.5, 0.6) is 0 Å². The van der Waals surface area contributed by atoms with Crippen LogP contribution in [0.2, 0.25) is 0 Å². The molecule has 0 atom stereocenters. The second-order valence-corrected chi connectivity index (χ2v) is 3.21. The first-order valence-corrected chi connectivity index (χ1v) is 4.98. The van der Waals surface area contributed by atoms with Gasteiger partial charge in [0.25, 0.3) is 0 Å². The first kappa shape index (κ1) is 12.7. The van der Waals surface area contributed by atoms with E-state index in [9.17, 15) is 0 Å². The van der Waals surface area contributed by atoms with Gasteiger partial charge in [-0.1, -0.05) is 25.8 Å². The molecule has 0 unspecified atom stereocenters. The van der Waals surface area contributed by atoms with Crippen molar-refractivity contribution in [3.05, 3.63) is 49.1 Å². The number of hydrogen-bond donors (Lipinski definition) is 0. The maximum atomic E-state index is 4.30. The summed E-state index contributed by atoms with van der Waals surface area (Å²) in [5.41, 5.74) is 2.59. The van der Waals surface area contributed by atoms with Gasteiger partial charge < -0.3 is 0 Å². The van der Waals surface area contributed by atoms with Gasteiger partial charge in [0, 0.05) is 18.8 Å². The number of aliphatic imine (C=N–C) groups is 4. The first-order valence-electron chi connectivity index (χ1n) is 4.98. The van der Waals surface area contributed by atoms with E-state index in [0.29, 0.717) is 11.4 Å². The van der Waals surface area contributed by atoms with E-state index in [1.807, 2.05) is 6.08 Å². The maximum Gasteiger partial charge on any atom is 0.0808 e. The maximum absolute atomic E-state index is 4.30. The topological polar surface area (TPSA) is 49.4 Å². The summed E-state index contributed by atoms with van der Waals surface area (Å²) >= 11 is 0. The molecule has 0 spiro atoms. The molecule has 0 aromatic carbocycles. The fourth-order valence-electron chi connectivity index (χ4n) is 1.08. The summed E-state index contributed by atoms with van der Waals surface area (Å²) in [6.45, 7) is 14.2. The van der Waals surface area contributed by atoms with Crippen LogP contribution in [-0.2, 0) is 0 Å². The smallest absolute Gasteiger partial charge is 0.0808 e. The third-order valence-electron chi connectivity index (χ3n) is 2.00. The van der Waals surface area contributed by atoms with E-state index in [1.54, 1.807) is 12.4 Å². The number of allylic oxidation sites excluding steroid dienone is 2. The largest absolute Gasteiger partial charge is 0.263 e. The second kappa shape index (κ2) is 6.27. The third kappa shape index (κ3) is 3.95. The van der Waals surface area contributed by atoms with E-state index in [4.69, 9.17) is 0 Å². The van der Waals surface area contributed by atoms with Crippen LogP contribution in [0.4, 0.5) is 0 Å². The number of rotatable bonds is 6. The Morgan fingerprint density at radius 3 is 2.71 bits per heavy atom. The number of hydrogen-bond acceptors (Lipinski definition) is 4. The average molecular weight is 226 g/mol. The Kier molecular flexibility index (Phi) is 4.69. The molecule has 0 saturated carbocycles. The minimum atomic E-state index is 0.459. The lowest BCUT2D eigenvalue weighted by Crippen LogP contribution is -1.95. The van der Waals surface area contributed by atoms with Gasteiger partial charge in [0.15, 0.2) is 0 Å². The molecule has 0 aromatic rings. The van der Waals surface area contributed by atoms with Crippen LogP contribution in [0.1, 0.15) is 6.42 Å². The summed E-state index contributed by atoms with van der Waals surface area (Å²) < 4.78 is 0. The van der Waals surface area contributed by atoms with E-state index in [1.165, 1.54) is 6.20 Å². The minimum Gasteiger partial charge on any atom is -0.263 e. The highest BCUT2D eigenvalue weighted by atomic mass is 14.9. The highest BCUT2D eigenvalue weighted by molar-refractivity contribution is 6.32. The summed E-state index contributed by atoms with van der Waals surface area (Å²) in [5.74, 6) is 0. The molecule has 0 aliphatic carbocycles. The molecule has 0 amide bonds. The summed E-state index contributed by atoms with van der Waals surface area (Å²) in [6, 6.07) is 0. The molecular weight excluding hydrogens is 212 g/mol. The monoisotopic (exact) mass is 226 g/mol. The Bertz CT molecular complexity index is 476. The van der Waals surface area contributed by atoms with Crippen LogP contribution >= 0.6 is 0 Å². The van der Waals surface area contributed by atoms with Crippen LogP contribution in [-0.4, -0.2) is 24.9 Å². The Balaban J connectivity index is 2.62. The van der Waals surface area contributed by atoms with Crippen molar-refractivity contribution in [1.29, 1.82) is 0 Å². The fraction of sp³-hybridized carbons (Fsp3) is 0.0769. The first-order chi connectivity index (χ1) is 8.17. The van der Waals surface area contributed by atoms with Gasteiger partial charge >= 0.3 is 0 Å². The van der Waals surface area contributed by atoms with Gasteiger partial charge in [-0.2, -0.15) is 0 Å². The predicted octanol–water partition coefficient (Wildman–Crippen LogP) is 2.73. The van der Waals surface area contributed by atoms with Crippen LogP contribution < -0.4 is 0 Å². The van der Waals surface area contributed by atoms with E-state index in [2.05, 4.69) is 46.4 Å². The molecular formula is C13H14N4. The van der Waals surface area contributed by atoms with Crippen molar-refractivity contribution in [3.63, 3.8) is 0 Å². The van der Waals surface area contributed by atoms with Gasteiger partial charge in [0.2, 0.25) is 0 Å². The molecule has 4 heteroatoms. The third-order valence-corrected chi connectivity index (χ3v) is 2.00. The number of nitrogens with zero attached hydrogens (tertiary/aromatic N) is 4. The highest BCUT2D eigenvalue weighted by Crippen LogP contribution is 2.10. The van der Waals surface area contributed by atoms with Gasteiger partial charge in [0.1, 0.15) is 0 Å². The summed E-state index contributed by atoms with van der Waals surface area (Å²) in [6.07, 6.45) is 7.43. The van der Waals surface area contributed by atoms with Crippen molar-refractivity contribution < 1.29 is 0 Å². The quantitative estimate of drug-likeness (QED) is 0.494. The Morgan fingerprint density at radius 1 is 1.29 bits per heavy atom. The zero-order valence-electron chi connectivity index (χ0n) is 9.63. The fourth-order valence-corrected chi connectivity index (χ4v) is 1.08. The Morgan fingerprint density at radius 2 is 2.06 bits per heavy atom. The van der Waals surface area contributed by atoms with Crippen LogP contribution in [0.25, 0.3) is 0 Å². The molecule has 0 saturated heterocycles. The molecule has 1 aliphatic rings. The van der Waals surface area contributed by atoms with Gasteiger partial charge in [-0.3, -0.25) is 20.0 Å². The summed E-state index contributed by atoms with van der Waals surface area (Å²) in [7, 11) is 0. The van der Waals surface area contributed by atoms with Crippen LogP contribution in [0.3, 0.4) is 0 Å². The van der Waals surface area contributed by atoms with Crippen molar-refractivity contribution in [2.24, 2.45) is 20.0 Å². The molecule has 0 radical (unpaired) electrons. The Labute approximate surface area is 101 Å². The lowest BCUT2D eigenvalue weighted by Gasteiger charge is -1.95. The summed E-state index contributed by atoms with van der Waals surface area (Å²) in [4.78, 5) is 15.9. The molecule has 86 valence electrons. The van der Waals surface area contributed by atoms with Crippen molar-refractivity contribution >= 4 is 24.9 Å². The molecule has 1 aliphatic heterocycles. The van der Waals surface area contributed by atoms with Crippen LogP contribution in [0, 0.1) is 0 Å². The van der Waals surface area contributed by atoms with Gasteiger partial charge in [-0.15, -0.1) is 0 Å². The van der Waals surface area contributed by atoms with Crippen molar-refractivity contribution in [2.75, 3.05) is 0 Å². The highest BCUT2D eigenvalue weighted by Gasteiger charge is 2.04. The van der Waals surface area contributed by atoms with E-state index in [0.717, 1.165) is 17.8 Å². The van der Waals surface area contributed by atoms with Gasteiger partial charge in [-0.25, -0.2) is 0 Å². The molecule has 0 aromatic heterocycles. The van der Waals surface area contributed by atoms with Crippen molar-refractivity contribution in [1.82, 2.24) is 0 Å². The normalized spacial score (nSPS) is 14.8. The van der Waals surface area contributed by atoms with E-state index in [-0.39, 0.29) is 0 Å². The minimum absolute atomic E-state index is 0.459. The molecule has 0 bridgehead atoms. The second-order valence-electron chi connectivity index (χ2n) is 3.21. The van der Waals surface area contributed by atoms with Gasteiger partial charge in [0.05, 0.1) is 29.0 Å². The van der Waals surface area contributed by atoms with Gasteiger partial charge in [-0.05, 0) is 6.72 Å². The average Bonchev–Trinajstić information content (AvgIpc) is 2.80. The van der Waals surface area contributed by atoms with Crippen molar-refractivity contribution in [3.8, 4) is 0 Å². The predicted molar refractivity (Wildman–Crippen MR) is 75.1 cm³/mol. The lowest BCUT2D eigenvalue weighted by atomic mass is 10.3. The van der Waals surface area contributed by atoms with E-state index < -0.39 is 0 Å². The zero-order chi connectivity index (χ0) is 12.7. The van der Waals surface area contributed by atoms with Crippen LogP contribution in [0.15, 0.2) is 69.1 Å². The molecule has 0 N–H and O–H groups in total. The standard InChI is InChI=1S/C13H14N4/c1-5-15-8-12-6-7-13(17-12)9-16-11(3)10(2)14-4/h5-6,8-9H,1-4,7H2. The molecule has 0 fully saturated rings. The lowest BCUT2D eigenvalue weighted by molar-refractivity contribution is 1.29.